The molecule has 0 saturated heterocycles. The molecule has 0 bridgehead atoms. The van der Waals surface area contributed by atoms with Crippen molar-refractivity contribution < 1.29 is 9.90 Å². The summed E-state index contributed by atoms with van der Waals surface area (Å²) in [6.45, 7) is 2.38. The number of aryl methyl sites for hydroxylation is 1. The fourth-order valence-corrected chi connectivity index (χ4v) is 2.86. The SMILES string of the molecule is Cc1nc2ccc(C(=O)O)cc2n1Cc1ccc(Cl)cc1Cl. The largest absolute Gasteiger partial charge is 0.478 e. The van der Waals surface area contributed by atoms with Crippen LogP contribution in [0.25, 0.3) is 11.0 Å². The molecule has 0 aliphatic heterocycles. The van der Waals surface area contributed by atoms with E-state index in [1.807, 2.05) is 17.6 Å². The summed E-state index contributed by atoms with van der Waals surface area (Å²) in [4.78, 5) is 15.6. The topological polar surface area (TPSA) is 55.1 Å². The van der Waals surface area contributed by atoms with Gasteiger partial charge in [0.2, 0.25) is 0 Å². The highest BCUT2D eigenvalue weighted by atomic mass is 35.5. The van der Waals surface area contributed by atoms with Crippen LogP contribution in [0.15, 0.2) is 36.4 Å². The second kappa shape index (κ2) is 5.63. The number of carboxylic acid groups (broad SMARTS) is 1. The number of aromatic nitrogens is 2. The average Bonchev–Trinajstić information content (AvgIpc) is 2.77. The van der Waals surface area contributed by atoms with Gasteiger partial charge in [0, 0.05) is 10.0 Å². The van der Waals surface area contributed by atoms with E-state index in [2.05, 4.69) is 4.98 Å². The molecule has 0 unspecified atom stereocenters. The monoisotopic (exact) mass is 334 g/mol. The Bertz CT molecular complexity index is 887. The number of aromatic carboxylic acids is 1. The summed E-state index contributed by atoms with van der Waals surface area (Å²) in [5.41, 5.74) is 2.65. The Labute approximate surface area is 136 Å². The minimum atomic E-state index is -0.961. The van der Waals surface area contributed by atoms with Crippen molar-refractivity contribution in [3.8, 4) is 0 Å². The molecule has 112 valence electrons. The normalized spacial score (nSPS) is 11.0. The summed E-state index contributed by atoms with van der Waals surface area (Å²) in [5, 5.41) is 10.3. The number of carbonyl (C=O) groups is 1. The molecule has 3 aromatic rings. The first-order valence-corrected chi connectivity index (χ1v) is 7.35. The minimum Gasteiger partial charge on any atom is -0.478 e. The molecule has 2 aromatic carbocycles. The van der Waals surface area contributed by atoms with Crippen LogP contribution in [-0.2, 0) is 6.54 Å². The van der Waals surface area contributed by atoms with Gasteiger partial charge in [-0.3, -0.25) is 0 Å². The number of fused-ring (bicyclic) bond motifs is 1. The Hall–Kier alpha value is -2.04. The molecule has 1 aromatic heterocycles. The Balaban J connectivity index is 2.11. The first kappa shape index (κ1) is 14.9. The van der Waals surface area contributed by atoms with Crippen molar-refractivity contribution in [2.45, 2.75) is 13.5 Å². The molecule has 4 nitrogen and oxygen atoms in total. The fourth-order valence-electron chi connectivity index (χ4n) is 2.40. The van der Waals surface area contributed by atoms with Crippen LogP contribution in [0.1, 0.15) is 21.7 Å². The number of hydrogen-bond acceptors (Lipinski definition) is 2. The molecule has 0 spiro atoms. The van der Waals surface area contributed by atoms with E-state index in [1.165, 1.54) is 0 Å². The zero-order chi connectivity index (χ0) is 15.9. The molecule has 1 N–H and O–H groups in total. The number of halogens is 2. The van der Waals surface area contributed by atoms with E-state index in [9.17, 15) is 4.79 Å². The van der Waals surface area contributed by atoms with Crippen molar-refractivity contribution in [1.82, 2.24) is 9.55 Å². The van der Waals surface area contributed by atoms with E-state index in [4.69, 9.17) is 28.3 Å². The molecule has 0 atom stereocenters. The smallest absolute Gasteiger partial charge is 0.335 e. The number of imidazole rings is 1. The fraction of sp³-hybridized carbons (Fsp3) is 0.125. The summed E-state index contributed by atoms with van der Waals surface area (Å²) >= 11 is 12.1. The quantitative estimate of drug-likeness (QED) is 0.772. The molecular weight excluding hydrogens is 323 g/mol. The number of carboxylic acids is 1. The summed E-state index contributed by atoms with van der Waals surface area (Å²) < 4.78 is 1.94. The highest BCUT2D eigenvalue weighted by Crippen LogP contribution is 2.25. The predicted octanol–water partition coefficient (Wildman–Crippen LogP) is 4.40. The second-order valence-corrected chi connectivity index (χ2v) is 5.83. The zero-order valence-corrected chi connectivity index (χ0v) is 13.2. The lowest BCUT2D eigenvalue weighted by atomic mass is 10.2. The lowest BCUT2D eigenvalue weighted by molar-refractivity contribution is 0.0697. The summed E-state index contributed by atoms with van der Waals surface area (Å²) in [5.74, 6) is -0.166. The predicted molar refractivity (Wildman–Crippen MR) is 87.0 cm³/mol. The zero-order valence-electron chi connectivity index (χ0n) is 11.7. The van der Waals surface area contributed by atoms with Crippen molar-refractivity contribution in [2.75, 3.05) is 0 Å². The molecule has 22 heavy (non-hydrogen) atoms. The van der Waals surface area contributed by atoms with Gasteiger partial charge in [-0.1, -0.05) is 29.3 Å². The van der Waals surface area contributed by atoms with Gasteiger partial charge < -0.3 is 9.67 Å². The molecule has 0 amide bonds. The van der Waals surface area contributed by atoms with Crippen LogP contribution in [0.5, 0.6) is 0 Å². The van der Waals surface area contributed by atoms with Gasteiger partial charge in [-0.25, -0.2) is 9.78 Å². The number of hydrogen-bond donors (Lipinski definition) is 1. The molecule has 0 aliphatic rings. The van der Waals surface area contributed by atoms with Gasteiger partial charge in [-0.2, -0.15) is 0 Å². The van der Waals surface area contributed by atoms with E-state index >= 15 is 0 Å². The van der Waals surface area contributed by atoms with Gasteiger partial charge in [0.1, 0.15) is 5.82 Å². The first-order valence-electron chi connectivity index (χ1n) is 6.60. The average molecular weight is 335 g/mol. The highest BCUT2D eigenvalue weighted by Gasteiger charge is 2.12. The van der Waals surface area contributed by atoms with Gasteiger partial charge >= 0.3 is 5.97 Å². The lowest BCUT2D eigenvalue weighted by Crippen LogP contribution is -2.03. The second-order valence-electron chi connectivity index (χ2n) is 4.99. The van der Waals surface area contributed by atoms with Crippen LogP contribution in [-0.4, -0.2) is 20.6 Å². The van der Waals surface area contributed by atoms with Crippen molar-refractivity contribution in [1.29, 1.82) is 0 Å². The Morgan fingerprint density at radius 1 is 1.23 bits per heavy atom. The van der Waals surface area contributed by atoms with Gasteiger partial charge in [-0.15, -0.1) is 0 Å². The van der Waals surface area contributed by atoms with Crippen LogP contribution in [0.4, 0.5) is 0 Å². The maximum Gasteiger partial charge on any atom is 0.335 e. The van der Waals surface area contributed by atoms with Crippen LogP contribution in [0, 0.1) is 6.92 Å². The van der Waals surface area contributed by atoms with Crippen LogP contribution < -0.4 is 0 Å². The van der Waals surface area contributed by atoms with E-state index in [0.29, 0.717) is 16.6 Å². The summed E-state index contributed by atoms with van der Waals surface area (Å²) in [6, 6.07) is 10.2. The van der Waals surface area contributed by atoms with Crippen molar-refractivity contribution in [2.24, 2.45) is 0 Å². The molecular formula is C16H12Cl2N2O2. The molecule has 0 radical (unpaired) electrons. The third kappa shape index (κ3) is 2.67. The molecule has 0 saturated carbocycles. The molecule has 6 heteroatoms. The van der Waals surface area contributed by atoms with Crippen LogP contribution in [0.3, 0.4) is 0 Å². The van der Waals surface area contributed by atoms with E-state index in [1.54, 1.807) is 30.3 Å². The Kier molecular flexibility index (Phi) is 3.81. The van der Waals surface area contributed by atoms with E-state index in [-0.39, 0.29) is 5.56 Å². The third-order valence-corrected chi connectivity index (χ3v) is 4.12. The highest BCUT2D eigenvalue weighted by molar-refractivity contribution is 6.35. The van der Waals surface area contributed by atoms with Crippen molar-refractivity contribution in [3.63, 3.8) is 0 Å². The molecule has 0 aliphatic carbocycles. The standard InChI is InChI=1S/C16H12Cl2N2O2/c1-9-19-14-5-3-10(16(21)22)6-15(14)20(9)8-11-2-4-12(17)7-13(11)18/h2-7H,8H2,1H3,(H,21,22). The van der Waals surface area contributed by atoms with Crippen LogP contribution in [0.2, 0.25) is 10.0 Å². The van der Waals surface area contributed by atoms with E-state index in [0.717, 1.165) is 22.4 Å². The Morgan fingerprint density at radius 3 is 2.68 bits per heavy atom. The number of benzene rings is 2. The van der Waals surface area contributed by atoms with Gasteiger partial charge in [-0.05, 0) is 42.8 Å². The Morgan fingerprint density at radius 2 is 2.00 bits per heavy atom. The lowest BCUT2D eigenvalue weighted by Gasteiger charge is -2.09. The third-order valence-electron chi connectivity index (χ3n) is 3.53. The van der Waals surface area contributed by atoms with Crippen LogP contribution >= 0.6 is 23.2 Å². The summed E-state index contributed by atoms with van der Waals surface area (Å²) in [6.07, 6.45) is 0. The van der Waals surface area contributed by atoms with Crippen molar-refractivity contribution >= 4 is 40.2 Å². The van der Waals surface area contributed by atoms with Gasteiger partial charge in [0.05, 0.1) is 23.1 Å². The number of rotatable bonds is 3. The maximum atomic E-state index is 11.1. The molecule has 0 fully saturated rings. The van der Waals surface area contributed by atoms with Gasteiger partial charge in [0.25, 0.3) is 0 Å². The summed E-state index contributed by atoms with van der Waals surface area (Å²) in [7, 11) is 0. The first-order chi connectivity index (χ1) is 10.5. The number of nitrogens with zero attached hydrogens (tertiary/aromatic N) is 2. The molecule has 3 rings (SSSR count). The van der Waals surface area contributed by atoms with E-state index < -0.39 is 5.97 Å². The van der Waals surface area contributed by atoms with Gasteiger partial charge in [0.15, 0.2) is 0 Å². The molecule has 1 heterocycles. The minimum absolute atomic E-state index is 0.232. The maximum absolute atomic E-state index is 11.1. The van der Waals surface area contributed by atoms with Crippen molar-refractivity contribution in [3.05, 3.63) is 63.4 Å².